The van der Waals surface area contributed by atoms with Crippen LogP contribution >= 0.6 is 0 Å². The van der Waals surface area contributed by atoms with Crippen LogP contribution in [0.3, 0.4) is 0 Å². The van der Waals surface area contributed by atoms with Crippen molar-refractivity contribution in [2.24, 2.45) is 5.92 Å². The molecule has 1 aliphatic carbocycles. The Morgan fingerprint density at radius 2 is 1.83 bits per heavy atom. The number of rotatable bonds is 3. The summed E-state index contributed by atoms with van der Waals surface area (Å²) in [5, 5.41) is 0. The van der Waals surface area contributed by atoms with Crippen LogP contribution in [0.2, 0.25) is 0 Å². The Morgan fingerprint density at radius 1 is 1.25 bits per heavy atom. The molecular formula is C8H16NO2S-. The summed E-state index contributed by atoms with van der Waals surface area (Å²) in [7, 11) is 0. The molecule has 0 radical (unpaired) electrons. The Morgan fingerprint density at radius 3 is 2.33 bits per heavy atom. The van der Waals surface area contributed by atoms with Crippen LogP contribution in [-0.4, -0.2) is 15.3 Å². The van der Waals surface area contributed by atoms with Gasteiger partial charge in [-0.2, -0.15) is 0 Å². The van der Waals surface area contributed by atoms with Gasteiger partial charge in [-0.3, -0.25) is 4.21 Å². The third kappa shape index (κ3) is 4.18. The average molecular weight is 190 g/mol. The predicted octanol–water partition coefficient (Wildman–Crippen LogP) is 1.34. The summed E-state index contributed by atoms with van der Waals surface area (Å²) >= 11 is -2.07. The van der Waals surface area contributed by atoms with E-state index in [4.69, 9.17) is 0 Å². The van der Waals surface area contributed by atoms with E-state index in [1.165, 1.54) is 38.5 Å². The number of nitrogens with one attached hydrogen (secondary N) is 1. The van der Waals surface area contributed by atoms with Crippen molar-refractivity contribution < 1.29 is 8.76 Å². The normalized spacial score (nSPS) is 23.4. The lowest BCUT2D eigenvalue weighted by atomic mass is 10.0. The van der Waals surface area contributed by atoms with Gasteiger partial charge in [0, 0.05) is 17.8 Å². The van der Waals surface area contributed by atoms with Crippen molar-refractivity contribution in [1.82, 2.24) is 4.72 Å². The van der Waals surface area contributed by atoms with Crippen LogP contribution in [0.15, 0.2) is 0 Å². The lowest BCUT2D eigenvalue weighted by molar-refractivity contribution is 0.443. The summed E-state index contributed by atoms with van der Waals surface area (Å²) in [6, 6.07) is 0. The van der Waals surface area contributed by atoms with Crippen molar-refractivity contribution in [1.29, 1.82) is 0 Å². The predicted molar refractivity (Wildman–Crippen MR) is 48.1 cm³/mol. The van der Waals surface area contributed by atoms with E-state index in [2.05, 4.69) is 4.72 Å². The molecule has 0 aromatic heterocycles. The SMILES string of the molecule is O=S([O-])NCC1CCCCCC1. The van der Waals surface area contributed by atoms with Gasteiger partial charge in [0.25, 0.3) is 0 Å². The highest BCUT2D eigenvalue weighted by atomic mass is 32.2. The highest BCUT2D eigenvalue weighted by Crippen LogP contribution is 2.21. The van der Waals surface area contributed by atoms with Gasteiger partial charge in [0.05, 0.1) is 0 Å². The monoisotopic (exact) mass is 190 g/mol. The first-order valence-corrected chi connectivity index (χ1v) is 5.69. The molecule has 1 rings (SSSR count). The van der Waals surface area contributed by atoms with E-state index in [-0.39, 0.29) is 0 Å². The largest absolute Gasteiger partial charge is 0.760 e. The molecule has 0 bridgehead atoms. The minimum atomic E-state index is -2.07. The molecular weight excluding hydrogens is 174 g/mol. The maximum Gasteiger partial charge on any atom is 0.0181 e. The molecule has 3 nitrogen and oxygen atoms in total. The minimum Gasteiger partial charge on any atom is -0.760 e. The molecule has 72 valence electrons. The zero-order valence-corrected chi connectivity index (χ0v) is 8.07. The van der Waals surface area contributed by atoms with Crippen LogP contribution in [-0.2, 0) is 11.3 Å². The highest BCUT2D eigenvalue weighted by Gasteiger charge is 2.11. The van der Waals surface area contributed by atoms with Gasteiger partial charge in [-0.1, -0.05) is 25.7 Å². The third-order valence-corrected chi connectivity index (χ3v) is 2.87. The van der Waals surface area contributed by atoms with Crippen LogP contribution < -0.4 is 4.72 Å². The molecule has 0 amide bonds. The van der Waals surface area contributed by atoms with E-state index in [0.717, 1.165) is 0 Å². The molecule has 0 aromatic rings. The maximum atomic E-state index is 10.2. The summed E-state index contributed by atoms with van der Waals surface area (Å²) in [5.41, 5.74) is 0. The Hall–Kier alpha value is 0.0700. The fraction of sp³-hybridized carbons (Fsp3) is 1.00. The molecule has 0 spiro atoms. The maximum absolute atomic E-state index is 10.2. The summed E-state index contributed by atoms with van der Waals surface area (Å²) < 4.78 is 22.9. The molecule has 0 aromatic carbocycles. The Bertz CT molecular complexity index is 144. The second-order valence-corrected chi connectivity index (χ2v) is 4.20. The Labute approximate surface area is 76.4 Å². The van der Waals surface area contributed by atoms with Crippen molar-refractivity contribution in [3.05, 3.63) is 0 Å². The second-order valence-electron chi connectivity index (χ2n) is 3.44. The van der Waals surface area contributed by atoms with Gasteiger partial charge in [0.2, 0.25) is 0 Å². The van der Waals surface area contributed by atoms with Crippen molar-refractivity contribution in [3.8, 4) is 0 Å². The third-order valence-electron chi connectivity index (χ3n) is 2.46. The molecule has 1 fully saturated rings. The molecule has 1 unspecified atom stereocenters. The number of hydrogen-bond acceptors (Lipinski definition) is 2. The zero-order chi connectivity index (χ0) is 8.81. The Kier molecular flexibility index (Phi) is 4.80. The molecule has 1 N–H and O–H groups in total. The van der Waals surface area contributed by atoms with Gasteiger partial charge in [-0.25, -0.2) is 4.72 Å². The van der Waals surface area contributed by atoms with Crippen molar-refractivity contribution in [3.63, 3.8) is 0 Å². The molecule has 12 heavy (non-hydrogen) atoms. The van der Waals surface area contributed by atoms with E-state index in [1.807, 2.05) is 0 Å². The molecule has 1 aliphatic rings. The van der Waals surface area contributed by atoms with E-state index in [1.54, 1.807) is 0 Å². The van der Waals surface area contributed by atoms with Crippen LogP contribution in [0.4, 0.5) is 0 Å². The van der Waals surface area contributed by atoms with Crippen LogP contribution in [0, 0.1) is 5.92 Å². The van der Waals surface area contributed by atoms with Crippen LogP contribution in [0.25, 0.3) is 0 Å². The molecule has 4 heteroatoms. The number of hydrogen-bond donors (Lipinski definition) is 1. The van der Waals surface area contributed by atoms with Gasteiger partial charge >= 0.3 is 0 Å². The molecule has 1 saturated carbocycles. The highest BCUT2D eigenvalue weighted by molar-refractivity contribution is 7.77. The van der Waals surface area contributed by atoms with Crippen molar-refractivity contribution in [2.75, 3.05) is 6.54 Å². The van der Waals surface area contributed by atoms with Crippen LogP contribution in [0.1, 0.15) is 38.5 Å². The average Bonchev–Trinajstić information content (AvgIpc) is 2.28. The molecule has 1 atom stereocenters. The summed E-state index contributed by atoms with van der Waals surface area (Å²) in [4.78, 5) is 0. The first-order valence-electron chi connectivity index (χ1n) is 4.62. The fourth-order valence-electron chi connectivity index (χ4n) is 1.75. The topological polar surface area (TPSA) is 52.2 Å². The van der Waals surface area contributed by atoms with Gasteiger partial charge < -0.3 is 4.55 Å². The zero-order valence-electron chi connectivity index (χ0n) is 7.25. The van der Waals surface area contributed by atoms with Gasteiger partial charge in [0.15, 0.2) is 0 Å². The van der Waals surface area contributed by atoms with E-state index < -0.39 is 11.3 Å². The molecule has 0 saturated heterocycles. The summed E-state index contributed by atoms with van der Waals surface area (Å²) in [6.07, 6.45) is 7.53. The second kappa shape index (κ2) is 5.67. The first-order chi connectivity index (χ1) is 5.79. The van der Waals surface area contributed by atoms with E-state index in [9.17, 15) is 8.76 Å². The smallest absolute Gasteiger partial charge is 0.0181 e. The molecule has 0 heterocycles. The lowest BCUT2D eigenvalue weighted by Crippen LogP contribution is -2.24. The summed E-state index contributed by atoms with van der Waals surface area (Å²) in [6.45, 7) is 0.635. The van der Waals surface area contributed by atoms with Gasteiger partial charge in [-0.05, 0) is 18.8 Å². The molecule has 0 aliphatic heterocycles. The Balaban J connectivity index is 2.16. The lowest BCUT2D eigenvalue weighted by Gasteiger charge is -2.15. The van der Waals surface area contributed by atoms with Crippen molar-refractivity contribution in [2.45, 2.75) is 38.5 Å². The summed E-state index contributed by atoms with van der Waals surface area (Å²) in [5.74, 6) is 0.574. The van der Waals surface area contributed by atoms with E-state index >= 15 is 0 Å². The van der Waals surface area contributed by atoms with Gasteiger partial charge in [0.1, 0.15) is 0 Å². The van der Waals surface area contributed by atoms with E-state index in [0.29, 0.717) is 12.5 Å². The van der Waals surface area contributed by atoms with Gasteiger partial charge in [-0.15, -0.1) is 0 Å². The van der Waals surface area contributed by atoms with Crippen molar-refractivity contribution >= 4 is 11.3 Å². The fourth-order valence-corrected chi connectivity index (χ4v) is 2.13. The first kappa shape index (κ1) is 10.2. The minimum absolute atomic E-state index is 0.574. The quantitative estimate of drug-likeness (QED) is 0.539. The van der Waals surface area contributed by atoms with Crippen LogP contribution in [0.5, 0.6) is 0 Å². The standard InChI is InChI=1S/C8H17NO2S/c10-12(11)9-7-8-5-3-1-2-4-6-8/h8-9H,1-7H2,(H,10,11)/p-1.